The van der Waals surface area contributed by atoms with Crippen molar-refractivity contribution in [2.45, 2.75) is 26.3 Å². The van der Waals surface area contributed by atoms with E-state index < -0.39 is 0 Å². The van der Waals surface area contributed by atoms with Gasteiger partial charge in [0, 0.05) is 25.1 Å². The highest BCUT2D eigenvalue weighted by Crippen LogP contribution is 2.18. The minimum absolute atomic E-state index is 0.194. The van der Waals surface area contributed by atoms with Crippen LogP contribution in [0.15, 0.2) is 60.7 Å². The standard InChI is InChI=1S/C21H22FN3O/c1-15(2)14-25-19-7-4-3-6-18(19)24-20(25)8-5-13-23-21(26)16-9-11-17(22)12-10-16/h3-4,6-7,9-12H,1,5,8,13-14H2,2H3,(H,23,26). The summed E-state index contributed by atoms with van der Waals surface area (Å²) in [5, 5.41) is 2.87. The maximum absolute atomic E-state index is 12.9. The third kappa shape index (κ3) is 4.17. The first kappa shape index (κ1) is 17.9. The Kier molecular flexibility index (Phi) is 5.46. The molecule has 1 amide bonds. The molecular weight excluding hydrogens is 329 g/mol. The number of carbonyl (C=O) groups excluding carboxylic acids is 1. The van der Waals surface area contributed by atoms with Crippen LogP contribution in [-0.2, 0) is 13.0 Å². The zero-order valence-electron chi connectivity index (χ0n) is 14.8. The Morgan fingerprint density at radius 2 is 1.92 bits per heavy atom. The zero-order valence-corrected chi connectivity index (χ0v) is 14.8. The Labute approximate surface area is 152 Å². The van der Waals surface area contributed by atoms with Crippen molar-refractivity contribution in [3.63, 3.8) is 0 Å². The summed E-state index contributed by atoms with van der Waals surface area (Å²) in [6, 6.07) is 13.6. The predicted molar refractivity (Wildman–Crippen MR) is 102 cm³/mol. The molecule has 0 spiro atoms. The van der Waals surface area contributed by atoms with Crippen LogP contribution in [-0.4, -0.2) is 22.0 Å². The number of amides is 1. The average Bonchev–Trinajstić information content (AvgIpc) is 2.96. The van der Waals surface area contributed by atoms with Crippen LogP contribution >= 0.6 is 0 Å². The highest BCUT2D eigenvalue weighted by molar-refractivity contribution is 5.94. The van der Waals surface area contributed by atoms with E-state index in [-0.39, 0.29) is 11.7 Å². The van der Waals surface area contributed by atoms with Gasteiger partial charge in [0.2, 0.25) is 0 Å². The van der Waals surface area contributed by atoms with Crippen LogP contribution in [0.3, 0.4) is 0 Å². The topological polar surface area (TPSA) is 46.9 Å². The van der Waals surface area contributed by atoms with E-state index in [4.69, 9.17) is 4.98 Å². The summed E-state index contributed by atoms with van der Waals surface area (Å²) in [6.07, 6.45) is 1.53. The fourth-order valence-electron chi connectivity index (χ4n) is 2.91. The summed E-state index contributed by atoms with van der Waals surface area (Å²) >= 11 is 0. The molecule has 0 aliphatic rings. The Hall–Kier alpha value is -2.95. The molecule has 0 saturated carbocycles. The van der Waals surface area contributed by atoms with Gasteiger partial charge in [0.15, 0.2) is 0 Å². The van der Waals surface area contributed by atoms with Gasteiger partial charge in [-0.15, -0.1) is 0 Å². The van der Waals surface area contributed by atoms with Crippen LogP contribution in [0.5, 0.6) is 0 Å². The van der Waals surface area contributed by atoms with Crippen LogP contribution in [0.2, 0.25) is 0 Å². The smallest absolute Gasteiger partial charge is 0.251 e. The number of benzene rings is 2. The molecule has 1 aromatic heterocycles. The first-order valence-corrected chi connectivity index (χ1v) is 8.67. The van der Waals surface area contributed by atoms with E-state index in [0.717, 1.165) is 41.8 Å². The van der Waals surface area contributed by atoms with Gasteiger partial charge in [-0.1, -0.05) is 24.3 Å². The molecule has 0 atom stereocenters. The van der Waals surface area contributed by atoms with Crippen molar-refractivity contribution in [2.24, 2.45) is 0 Å². The number of imidazole rings is 1. The molecule has 0 saturated heterocycles. The second-order valence-electron chi connectivity index (χ2n) is 6.43. The van der Waals surface area contributed by atoms with Gasteiger partial charge in [-0.05, 0) is 49.7 Å². The van der Waals surface area contributed by atoms with Gasteiger partial charge in [-0.25, -0.2) is 9.37 Å². The third-order valence-corrected chi connectivity index (χ3v) is 4.13. The lowest BCUT2D eigenvalue weighted by Gasteiger charge is -2.09. The Morgan fingerprint density at radius 1 is 1.19 bits per heavy atom. The summed E-state index contributed by atoms with van der Waals surface area (Å²) in [7, 11) is 0. The minimum atomic E-state index is -0.349. The Bertz CT molecular complexity index is 928. The van der Waals surface area contributed by atoms with Crippen LogP contribution < -0.4 is 5.32 Å². The Morgan fingerprint density at radius 3 is 2.65 bits per heavy atom. The summed E-state index contributed by atoms with van der Waals surface area (Å²) in [5.41, 5.74) is 3.60. The van der Waals surface area contributed by atoms with Crippen molar-refractivity contribution >= 4 is 16.9 Å². The molecule has 3 aromatic rings. The lowest BCUT2D eigenvalue weighted by atomic mass is 10.2. The van der Waals surface area contributed by atoms with Gasteiger partial charge >= 0.3 is 0 Å². The number of nitrogens with one attached hydrogen (secondary N) is 1. The highest BCUT2D eigenvalue weighted by Gasteiger charge is 2.11. The SMILES string of the molecule is C=C(C)Cn1c(CCCNC(=O)c2ccc(F)cc2)nc2ccccc21. The summed E-state index contributed by atoms with van der Waals surface area (Å²) < 4.78 is 15.1. The molecule has 2 aromatic carbocycles. The van der Waals surface area contributed by atoms with Crippen molar-refractivity contribution in [1.29, 1.82) is 0 Å². The van der Waals surface area contributed by atoms with E-state index in [1.165, 1.54) is 24.3 Å². The molecule has 0 aliphatic heterocycles. The molecule has 5 heteroatoms. The van der Waals surface area contributed by atoms with E-state index in [2.05, 4.69) is 22.5 Å². The number of aromatic nitrogens is 2. The van der Waals surface area contributed by atoms with Crippen LogP contribution in [0, 0.1) is 5.82 Å². The zero-order chi connectivity index (χ0) is 18.5. The normalized spacial score (nSPS) is 10.8. The highest BCUT2D eigenvalue weighted by atomic mass is 19.1. The third-order valence-electron chi connectivity index (χ3n) is 4.13. The van der Waals surface area contributed by atoms with Crippen molar-refractivity contribution in [3.8, 4) is 0 Å². The molecule has 26 heavy (non-hydrogen) atoms. The predicted octanol–water partition coefficient (Wildman–Crippen LogP) is 4.11. The van der Waals surface area contributed by atoms with Crippen molar-refractivity contribution in [2.75, 3.05) is 6.54 Å². The molecule has 0 aliphatic carbocycles. The van der Waals surface area contributed by atoms with Gasteiger partial charge < -0.3 is 9.88 Å². The first-order chi connectivity index (χ1) is 12.5. The van der Waals surface area contributed by atoms with Crippen LogP contribution in [0.1, 0.15) is 29.5 Å². The van der Waals surface area contributed by atoms with Crippen LogP contribution in [0.25, 0.3) is 11.0 Å². The second kappa shape index (κ2) is 7.95. The maximum atomic E-state index is 12.9. The Balaban J connectivity index is 1.61. The summed E-state index contributed by atoms with van der Waals surface area (Å²) in [4.78, 5) is 16.8. The quantitative estimate of drug-likeness (QED) is 0.514. The van der Waals surface area contributed by atoms with E-state index >= 15 is 0 Å². The monoisotopic (exact) mass is 351 g/mol. The largest absolute Gasteiger partial charge is 0.352 e. The lowest BCUT2D eigenvalue weighted by Crippen LogP contribution is -2.25. The summed E-state index contributed by atoms with van der Waals surface area (Å²) in [5.74, 6) is 0.448. The molecule has 1 N–H and O–H groups in total. The number of para-hydroxylation sites is 2. The van der Waals surface area contributed by atoms with Gasteiger partial charge in [-0.2, -0.15) is 0 Å². The molecule has 4 nitrogen and oxygen atoms in total. The van der Waals surface area contributed by atoms with Crippen LogP contribution in [0.4, 0.5) is 4.39 Å². The molecular formula is C21H22FN3O. The number of hydrogen-bond donors (Lipinski definition) is 1. The van der Waals surface area contributed by atoms with E-state index in [1.54, 1.807) is 0 Å². The molecule has 3 rings (SSSR count). The molecule has 0 unspecified atom stereocenters. The molecule has 0 radical (unpaired) electrons. The molecule has 0 bridgehead atoms. The van der Waals surface area contributed by atoms with Crippen molar-refractivity contribution in [3.05, 3.63) is 77.9 Å². The fourth-order valence-corrected chi connectivity index (χ4v) is 2.91. The maximum Gasteiger partial charge on any atom is 0.251 e. The number of nitrogens with zero attached hydrogens (tertiary/aromatic N) is 2. The second-order valence-corrected chi connectivity index (χ2v) is 6.43. The first-order valence-electron chi connectivity index (χ1n) is 8.67. The lowest BCUT2D eigenvalue weighted by molar-refractivity contribution is 0.0953. The van der Waals surface area contributed by atoms with Gasteiger partial charge in [0.25, 0.3) is 5.91 Å². The van der Waals surface area contributed by atoms with E-state index in [0.29, 0.717) is 12.1 Å². The number of aryl methyl sites for hydroxylation is 1. The number of fused-ring (bicyclic) bond motifs is 1. The number of carbonyl (C=O) groups is 1. The molecule has 134 valence electrons. The van der Waals surface area contributed by atoms with Gasteiger partial charge in [0.1, 0.15) is 11.6 Å². The summed E-state index contributed by atoms with van der Waals surface area (Å²) in [6.45, 7) is 7.27. The van der Waals surface area contributed by atoms with E-state index in [1.807, 2.05) is 25.1 Å². The number of allylic oxidation sites excluding steroid dienone is 1. The molecule has 1 heterocycles. The number of hydrogen-bond acceptors (Lipinski definition) is 2. The van der Waals surface area contributed by atoms with E-state index in [9.17, 15) is 9.18 Å². The number of rotatable bonds is 7. The van der Waals surface area contributed by atoms with Gasteiger partial charge in [-0.3, -0.25) is 4.79 Å². The fraction of sp³-hybridized carbons (Fsp3) is 0.238. The van der Waals surface area contributed by atoms with Crippen molar-refractivity contribution in [1.82, 2.24) is 14.9 Å². The van der Waals surface area contributed by atoms with Gasteiger partial charge in [0.05, 0.1) is 11.0 Å². The average molecular weight is 351 g/mol. The molecule has 0 fully saturated rings. The number of halogens is 1. The minimum Gasteiger partial charge on any atom is -0.352 e. The van der Waals surface area contributed by atoms with Crippen molar-refractivity contribution < 1.29 is 9.18 Å².